The summed E-state index contributed by atoms with van der Waals surface area (Å²) in [6, 6.07) is 0. The first-order chi connectivity index (χ1) is 0. The molecular weight excluding hydrogens is 703 g/mol. The SMILES string of the molecule is [Al+3].[Al+3].[Al+3].[Al+3].[Al+3].[Al+3].[Al+3].[Al+3].[Al+3].[Al+3].[Ba+2].[Mg+2].[O-2].[O-2].[O-2].[O-2].[O-2].[O-2].[O-2].[O-2].[O-2].[O-2].[O-2].[O-2].[O-2].[O-2].[O-2].[O-2].[O-2]. The molecule has 0 bridgehead atoms. The van der Waals surface area contributed by atoms with Crippen LogP contribution in [0.4, 0.5) is 0 Å². The van der Waals surface area contributed by atoms with Gasteiger partial charge in [-0.2, -0.15) is 0 Å². The van der Waals surface area contributed by atoms with Gasteiger partial charge in [0.15, 0.2) is 0 Å². The molecule has 136 valence electrons. The van der Waals surface area contributed by atoms with Gasteiger partial charge in [0, 0.05) is 0 Å². The van der Waals surface area contributed by atoms with Crippen molar-refractivity contribution < 1.29 is 93.1 Å². The predicted octanol–water partition coefficient (Wildman–Crippen LogP) is -6.59. The third-order valence-electron chi connectivity index (χ3n) is 0. The molecule has 0 unspecified atom stereocenters. The largest absolute Gasteiger partial charge is 3.00 e. The molecule has 29 heavy (non-hydrogen) atoms. The maximum atomic E-state index is 0. The van der Waals surface area contributed by atoms with Crippen molar-refractivity contribution in [3.63, 3.8) is 0 Å². The average Bonchev–Trinajstić information content (AvgIpc) is 0. The van der Waals surface area contributed by atoms with Gasteiger partial charge < -0.3 is 93.1 Å². The maximum absolute atomic E-state index is 0. The number of hydrogen-bond acceptors (Lipinski definition) is 0. The zero-order valence-electron chi connectivity index (χ0n) is 14.1. The minimum Gasteiger partial charge on any atom is -2.00 e. The molecule has 0 heterocycles. The van der Waals surface area contributed by atoms with E-state index in [1.54, 1.807) is 0 Å². The monoisotopic (exact) mass is 704 g/mol. The van der Waals surface area contributed by atoms with Gasteiger partial charge >= 0.3 is 246 Å². The summed E-state index contributed by atoms with van der Waals surface area (Å²) in [6.07, 6.45) is 0. The fraction of sp³-hybridized carbons (Fsp3) is 0. The van der Waals surface area contributed by atoms with E-state index in [9.17, 15) is 0 Å². The Balaban J connectivity index is 0. The first-order valence-electron chi connectivity index (χ1n) is 0. The van der Waals surface area contributed by atoms with Crippen LogP contribution in [-0.2, 0) is 93.1 Å². The Morgan fingerprint density at radius 3 is 0.138 bits per heavy atom. The van der Waals surface area contributed by atoms with Crippen LogP contribution in [0.1, 0.15) is 0 Å². The fourth-order valence-electron chi connectivity index (χ4n) is 0. The molecule has 0 saturated carbocycles. The Morgan fingerprint density at radius 1 is 0.138 bits per heavy atom. The van der Waals surface area contributed by atoms with Crippen LogP contribution in [0.3, 0.4) is 0 Å². The van der Waals surface area contributed by atoms with Gasteiger partial charge in [0.2, 0.25) is 0 Å². The molecule has 0 radical (unpaired) electrons. The number of rotatable bonds is 0. The molecule has 0 fully saturated rings. The van der Waals surface area contributed by atoms with Crippen molar-refractivity contribution in [2.24, 2.45) is 0 Å². The van der Waals surface area contributed by atoms with E-state index in [1.165, 1.54) is 0 Å². The zero-order chi connectivity index (χ0) is 0. The van der Waals surface area contributed by atoms with E-state index < -0.39 is 0 Å². The molecule has 0 aromatic heterocycles. The molecular formula is Al10BaMgO17. The van der Waals surface area contributed by atoms with Crippen molar-refractivity contribution in [1.82, 2.24) is 0 Å². The molecule has 29 heteroatoms. The van der Waals surface area contributed by atoms with Crippen LogP contribution in [0.15, 0.2) is 0 Å². The zero-order valence-corrected chi connectivity index (χ0v) is 31.5. The molecule has 0 N–H and O–H groups in total. The summed E-state index contributed by atoms with van der Waals surface area (Å²) in [6.45, 7) is 0. The molecule has 17 nitrogen and oxygen atoms in total. The summed E-state index contributed by atoms with van der Waals surface area (Å²) in [4.78, 5) is 0. The van der Waals surface area contributed by atoms with E-state index >= 15 is 0 Å². The molecule has 0 aliphatic carbocycles. The molecule has 0 aromatic carbocycles. The minimum absolute atomic E-state index is 0. The van der Waals surface area contributed by atoms with Gasteiger partial charge in [0.05, 0.1) is 0 Å². The number of hydrogen-bond donors (Lipinski definition) is 0. The van der Waals surface area contributed by atoms with Crippen LogP contribution in [0.5, 0.6) is 0 Å². The second kappa shape index (κ2) is 829. The van der Waals surface area contributed by atoms with Crippen LogP contribution in [0, 0.1) is 0 Å². The van der Waals surface area contributed by atoms with Crippen LogP contribution >= 0.6 is 0 Å². The van der Waals surface area contributed by atoms with Crippen molar-refractivity contribution in [3.8, 4) is 0 Å². The van der Waals surface area contributed by atoms with E-state index in [2.05, 4.69) is 0 Å². The summed E-state index contributed by atoms with van der Waals surface area (Å²) in [5, 5.41) is 0. The van der Waals surface area contributed by atoms with Gasteiger partial charge in [-0.1, -0.05) is 0 Å². The molecule has 0 aliphatic rings. The Kier molecular flexibility index (Phi) is 25800. The second-order valence-electron chi connectivity index (χ2n) is 0. The van der Waals surface area contributed by atoms with Crippen molar-refractivity contribution in [1.29, 1.82) is 0 Å². The van der Waals surface area contributed by atoms with Crippen LogP contribution in [0.25, 0.3) is 0 Å². The van der Waals surface area contributed by atoms with E-state index in [0.717, 1.165) is 0 Å². The third-order valence-corrected chi connectivity index (χ3v) is 0. The summed E-state index contributed by atoms with van der Waals surface area (Å²) < 4.78 is 0. The van der Waals surface area contributed by atoms with Gasteiger partial charge in [-0.3, -0.25) is 0 Å². The van der Waals surface area contributed by atoms with Crippen LogP contribution in [-0.4, -0.2) is 246 Å². The quantitative estimate of drug-likeness (QED) is 0.212. The Bertz CT molecular complexity index is 38.2. The first kappa shape index (κ1) is 903. The minimum atomic E-state index is 0. The molecule has 0 spiro atoms. The van der Waals surface area contributed by atoms with Gasteiger partial charge in [-0.05, 0) is 0 Å². The molecule has 0 atom stereocenters. The molecule has 0 amide bonds. The van der Waals surface area contributed by atoms with E-state index in [-0.39, 0.29) is 339 Å². The Labute approximate surface area is 332 Å². The van der Waals surface area contributed by atoms with Crippen LogP contribution in [0.2, 0.25) is 0 Å². The molecule has 0 rings (SSSR count). The smallest absolute Gasteiger partial charge is 2.00 e. The topological polar surface area (TPSA) is 484 Å². The standard InChI is InChI=1S/10Al.Ba.Mg.17O/q10*+3;2*+2;17*-2. The van der Waals surface area contributed by atoms with E-state index in [4.69, 9.17) is 0 Å². The molecule has 0 aromatic rings. The summed E-state index contributed by atoms with van der Waals surface area (Å²) in [5.74, 6) is 0. The second-order valence-corrected chi connectivity index (χ2v) is 0. The van der Waals surface area contributed by atoms with Crippen molar-refractivity contribution in [3.05, 3.63) is 0 Å². The maximum Gasteiger partial charge on any atom is 3.00 e. The van der Waals surface area contributed by atoms with Gasteiger partial charge in [-0.15, -0.1) is 0 Å². The first-order valence-corrected chi connectivity index (χ1v) is 0. The van der Waals surface area contributed by atoms with Crippen molar-refractivity contribution in [2.45, 2.75) is 0 Å². The summed E-state index contributed by atoms with van der Waals surface area (Å²) >= 11 is 0. The fourth-order valence-corrected chi connectivity index (χ4v) is 0. The molecule has 0 saturated heterocycles. The van der Waals surface area contributed by atoms with E-state index in [1.807, 2.05) is 0 Å². The third kappa shape index (κ3) is 781. The molecule has 0 aliphatic heterocycles. The van der Waals surface area contributed by atoms with Crippen molar-refractivity contribution in [2.75, 3.05) is 0 Å². The van der Waals surface area contributed by atoms with Crippen LogP contribution < -0.4 is 0 Å². The van der Waals surface area contributed by atoms with Crippen molar-refractivity contribution >= 4 is 246 Å². The summed E-state index contributed by atoms with van der Waals surface area (Å²) in [7, 11) is 0. The predicted molar refractivity (Wildman–Crippen MR) is 80.7 cm³/mol. The van der Waals surface area contributed by atoms with Gasteiger partial charge in [-0.25, -0.2) is 0 Å². The van der Waals surface area contributed by atoms with E-state index in [0.29, 0.717) is 0 Å². The van der Waals surface area contributed by atoms with Gasteiger partial charge in [0.25, 0.3) is 0 Å². The van der Waals surface area contributed by atoms with Gasteiger partial charge in [0.1, 0.15) is 0 Å². The Morgan fingerprint density at radius 2 is 0.138 bits per heavy atom. The summed E-state index contributed by atoms with van der Waals surface area (Å²) in [5.41, 5.74) is 0. The average molecular weight is 703 g/mol. The Hall–Kier alpha value is 6.98. The normalized spacial score (nSPS) is 0.